The summed E-state index contributed by atoms with van der Waals surface area (Å²) in [5, 5.41) is 7.21. The standard InChI is InChI=1S/C15H11N3O2/c1-2-4-10(5-3-1)14-16-15(18-17-14)11-6-7-12-13(8-11)20-9-19-12/h1-8H,9H2,(H,16,17,18). The van der Waals surface area contributed by atoms with Gasteiger partial charge in [-0.05, 0) is 18.2 Å². The van der Waals surface area contributed by atoms with Crippen molar-refractivity contribution in [2.75, 3.05) is 6.79 Å². The van der Waals surface area contributed by atoms with Crippen LogP contribution in [0.3, 0.4) is 0 Å². The third-order valence-electron chi connectivity index (χ3n) is 3.16. The first kappa shape index (κ1) is 11.0. The lowest BCUT2D eigenvalue weighted by molar-refractivity contribution is 0.174. The van der Waals surface area contributed by atoms with Crippen LogP contribution in [0, 0.1) is 0 Å². The molecule has 0 spiro atoms. The van der Waals surface area contributed by atoms with Crippen molar-refractivity contribution in [1.82, 2.24) is 15.2 Å². The molecule has 0 saturated heterocycles. The maximum Gasteiger partial charge on any atom is 0.231 e. The van der Waals surface area contributed by atoms with Crippen molar-refractivity contribution in [3.05, 3.63) is 48.5 Å². The summed E-state index contributed by atoms with van der Waals surface area (Å²) in [7, 11) is 0. The summed E-state index contributed by atoms with van der Waals surface area (Å²) in [6.07, 6.45) is 0. The average molecular weight is 265 g/mol. The second kappa shape index (κ2) is 4.38. The summed E-state index contributed by atoms with van der Waals surface area (Å²) in [6.45, 7) is 0.266. The average Bonchev–Trinajstić information content (AvgIpc) is 3.16. The largest absolute Gasteiger partial charge is 0.454 e. The van der Waals surface area contributed by atoms with Gasteiger partial charge >= 0.3 is 0 Å². The van der Waals surface area contributed by atoms with Crippen molar-refractivity contribution in [3.8, 4) is 34.3 Å². The number of H-pyrrole nitrogens is 1. The molecule has 5 nitrogen and oxygen atoms in total. The zero-order chi connectivity index (χ0) is 13.4. The van der Waals surface area contributed by atoms with Crippen LogP contribution >= 0.6 is 0 Å². The molecule has 1 N–H and O–H groups in total. The number of aromatic amines is 1. The Kier molecular flexibility index (Phi) is 2.42. The molecule has 2 heterocycles. The lowest BCUT2D eigenvalue weighted by Gasteiger charge is -1.98. The summed E-state index contributed by atoms with van der Waals surface area (Å²) in [5.74, 6) is 2.88. The Balaban J connectivity index is 1.72. The van der Waals surface area contributed by atoms with Crippen LogP contribution in [0.1, 0.15) is 0 Å². The van der Waals surface area contributed by atoms with Crippen LogP contribution in [-0.2, 0) is 0 Å². The van der Waals surface area contributed by atoms with Gasteiger partial charge in [-0.2, -0.15) is 5.10 Å². The van der Waals surface area contributed by atoms with Gasteiger partial charge in [0.15, 0.2) is 23.1 Å². The molecule has 0 atom stereocenters. The van der Waals surface area contributed by atoms with E-state index in [0.29, 0.717) is 5.82 Å². The van der Waals surface area contributed by atoms with E-state index in [1.807, 2.05) is 48.5 Å². The Labute approximate surface area is 115 Å². The molecule has 0 radical (unpaired) electrons. The van der Waals surface area contributed by atoms with E-state index in [2.05, 4.69) is 15.2 Å². The molecule has 4 rings (SSSR count). The zero-order valence-corrected chi connectivity index (χ0v) is 10.5. The van der Waals surface area contributed by atoms with Crippen LogP contribution in [0.5, 0.6) is 11.5 Å². The quantitative estimate of drug-likeness (QED) is 0.774. The highest BCUT2D eigenvalue weighted by molar-refractivity contribution is 5.64. The number of fused-ring (bicyclic) bond motifs is 1. The lowest BCUT2D eigenvalue weighted by atomic mass is 10.2. The predicted octanol–water partition coefficient (Wildman–Crippen LogP) is 2.87. The van der Waals surface area contributed by atoms with Gasteiger partial charge < -0.3 is 9.47 Å². The van der Waals surface area contributed by atoms with Crippen LogP contribution in [0.4, 0.5) is 0 Å². The van der Waals surface area contributed by atoms with Crippen molar-refractivity contribution in [1.29, 1.82) is 0 Å². The van der Waals surface area contributed by atoms with Gasteiger partial charge in [-0.1, -0.05) is 30.3 Å². The molecule has 1 aliphatic heterocycles. The summed E-state index contributed by atoms with van der Waals surface area (Å²) >= 11 is 0. The third kappa shape index (κ3) is 1.80. The molecule has 0 fully saturated rings. The second-order valence-electron chi connectivity index (χ2n) is 4.44. The number of rotatable bonds is 2. The minimum atomic E-state index is 0.266. The Morgan fingerprint density at radius 2 is 1.75 bits per heavy atom. The van der Waals surface area contributed by atoms with E-state index in [0.717, 1.165) is 28.5 Å². The molecule has 20 heavy (non-hydrogen) atoms. The van der Waals surface area contributed by atoms with Crippen molar-refractivity contribution in [2.24, 2.45) is 0 Å². The van der Waals surface area contributed by atoms with Crippen LogP contribution < -0.4 is 9.47 Å². The van der Waals surface area contributed by atoms with Crippen LogP contribution in [-0.4, -0.2) is 22.0 Å². The fourth-order valence-corrected chi connectivity index (χ4v) is 2.15. The van der Waals surface area contributed by atoms with E-state index < -0.39 is 0 Å². The molecule has 0 amide bonds. The van der Waals surface area contributed by atoms with Gasteiger partial charge in [0.1, 0.15) is 0 Å². The molecule has 1 aromatic heterocycles. The number of nitrogens with one attached hydrogen (secondary N) is 1. The first-order valence-corrected chi connectivity index (χ1v) is 6.28. The fourth-order valence-electron chi connectivity index (χ4n) is 2.15. The third-order valence-corrected chi connectivity index (χ3v) is 3.16. The molecule has 2 aromatic carbocycles. The molecule has 0 unspecified atom stereocenters. The highest BCUT2D eigenvalue weighted by Gasteiger charge is 2.15. The SMILES string of the molecule is c1ccc(-c2nc(-c3ccc4c(c3)OCO4)n[nH]2)cc1. The predicted molar refractivity (Wildman–Crippen MR) is 73.4 cm³/mol. The molecule has 3 aromatic rings. The lowest BCUT2D eigenvalue weighted by Crippen LogP contribution is -1.92. The Hall–Kier alpha value is -2.82. The number of aromatic nitrogens is 3. The Morgan fingerprint density at radius 3 is 2.65 bits per heavy atom. The summed E-state index contributed by atoms with van der Waals surface area (Å²) in [5.41, 5.74) is 1.90. The topological polar surface area (TPSA) is 60.0 Å². The second-order valence-corrected chi connectivity index (χ2v) is 4.44. The number of nitrogens with zero attached hydrogens (tertiary/aromatic N) is 2. The van der Waals surface area contributed by atoms with Crippen molar-refractivity contribution in [2.45, 2.75) is 0 Å². The highest BCUT2D eigenvalue weighted by atomic mass is 16.7. The maximum absolute atomic E-state index is 5.36. The number of hydrogen-bond acceptors (Lipinski definition) is 4. The zero-order valence-electron chi connectivity index (χ0n) is 10.5. The number of ether oxygens (including phenoxy) is 2. The van der Waals surface area contributed by atoms with Crippen molar-refractivity contribution in [3.63, 3.8) is 0 Å². The van der Waals surface area contributed by atoms with E-state index >= 15 is 0 Å². The monoisotopic (exact) mass is 265 g/mol. The smallest absolute Gasteiger partial charge is 0.231 e. The van der Waals surface area contributed by atoms with Crippen molar-refractivity contribution < 1.29 is 9.47 Å². The molecule has 5 heteroatoms. The minimum absolute atomic E-state index is 0.266. The molecule has 0 aliphatic carbocycles. The Morgan fingerprint density at radius 1 is 0.900 bits per heavy atom. The van der Waals surface area contributed by atoms with Crippen molar-refractivity contribution >= 4 is 0 Å². The van der Waals surface area contributed by atoms with E-state index in [1.165, 1.54) is 0 Å². The highest BCUT2D eigenvalue weighted by Crippen LogP contribution is 2.35. The molecule has 0 saturated carbocycles. The van der Waals surface area contributed by atoms with Gasteiger partial charge in [0.25, 0.3) is 0 Å². The Bertz CT molecular complexity index is 753. The number of hydrogen-bond donors (Lipinski definition) is 1. The van der Waals surface area contributed by atoms with E-state index in [1.54, 1.807) is 0 Å². The summed E-state index contributed by atoms with van der Waals surface area (Å²) < 4.78 is 10.7. The summed E-state index contributed by atoms with van der Waals surface area (Å²) in [4.78, 5) is 4.51. The molecule has 0 bridgehead atoms. The van der Waals surface area contributed by atoms with E-state index in [-0.39, 0.29) is 6.79 Å². The van der Waals surface area contributed by atoms with E-state index in [9.17, 15) is 0 Å². The first-order chi connectivity index (χ1) is 9.90. The van der Waals surface area contributed by atoms with Gasteiger partial charge in [0.2, 0.25) is 6.79 Å². The minimum Gasteiger partial charge on any atom is -0.454 e. The normalized spacial score (nSPS) is 12.6. The van der Waals surface area contributed by atoms with Gasteiger partial charge in [0.05, 0.1) is 0 Å². The van der Waals surface area contributed by atoms with Crippen LogP contribution in [0.25, 0.3) is 22.8 Å². The van der Waals surface area contributed by atoms with Crippen LogP contribution in [0.15, 0.2) is 48.5 Å². The number of benzene rings is 2. The maximum atomic E-state index is 5.36. The van der Waals surface area contributed by atoms with Gasteiger partial charge in [-0.3, -0.25) is 5.10 Å². The van der Waals surface area contributed by atoms with Crippen LogP contribution in [0.2, 0.25) is 0 Å². The molecule has 1 aliphatic rings. The molecular formula is C15H11N3O2. The summed E-state index contributed by atoms with van der Waals surface area (Å²) in [6, 6.07) is 15.6. The fraction of sp³-hybridized carbons (Fsp3) is 0.0667. The van der Waals surface area contributed by atoms with Gasteiger partial charge in [0, 0.05) is 11.1 Å². The molecule has 98 valence electrons. The molecular weight excluding hydrogens is 254 g/mol. The van der Waals surface area contributed by atoms with Gasteiger partial charge in [-0.25, -0.2) is 4.98 Å². The van der Waals surface area contributed by atoms with Gasteiger partial charge in [-0.15, -0.1) is 0 Å². The van der Waals surface area contributed by atoms with E-state index in [4.69, 9.17) is 9.47 Å². The first-order valence-electron chi connectivity index (χ1n) is 6.28.